The predicted octanol–water partition coefficient (Wildman–Crippen LogP) is 0.296. The van der Waals surface area contributed by atoms with Gasteiger partial charge in [0.1, 0.15) is 0 Å². The molecular formula is C11H14N4O. The molecule has 3 rings (SSSR count). The average molecular weight is 218 g/mol. The molecule has 0 amide bonds. The molecule has 0 aliphatic carbocycles. The van der Waals surface area contributed by atoms with E-state index in [-0.39, 0.29) is 6.10 Å². The summed E-state index contributed by atoms with van der Waals surface area (Å²) >= 11 is 0. The van der Waals surface area contributed by atoms with Crippen molar-refractivity contribution in [1.29, 1.82) is 0 Å². The molecule has 0 radical (unpaired) electrons. The summed E-state index contributed by atoms with van der Waals surface area (Å²) in [5.74, 6) is 0. The number of aromatic nitrogens is 3. The Morgan fingerprint density at radius 2 is 2.38 bits per heavy atom. The van der Waals surface area contributed by atoms with Crippen LogP contribution in [0.2, 0.25) is 0 Å². The average Bonchev–Trinajstić information content (AvgIpc) is 2.87. The number of β-amino-alcohol motifs (C(OH)–C–C–N with tert-alkyl or cyclic N) is 1. The van der Waals surface area contributed by atoms with Crippen molar-refractivity contribution in [3.05, 3.63) is 30.5 Å². The molecule has 2 aromatic heterocycles. The highest BCUT2D eigenvalue weighted by molar-refractivity contribution is 5.36. The largest absolute Gasteiger partial charge is 0.392 e. The van der Waals surface area contributed by atoms with Crippen molar-refractivity contribution in [2.24, 2.45) is 0 Å². The summed E-state index contributed by atoms with van der Waals surface area (Å²) in [7, 11) is 0. The van der Waals surface area contributed by atoms with Crippen LogP contribution in [0.25, 0.3) is 5.65 Å². The molecule has 5 nitrogen and oxygen atoms in total. The van der Waals surface area contributed by atoms with E-state index in [0.29, 0.717) is 0 Å². The zero-order valence-electron chi connectivity index (χ0n) is 8.95. The van der Waals surface area contributed by atoms with E-state index >= 15 is 0 Å². The highest BCUT2D eigenvalue weighted by Crippen LogP contribution is 2.14. The van der Waals surface area contributed by atoms with Crippen LogP contribution in [-0.4, -0.2) is 43.6 Å². The predicted molar refractivity (Wildman–Crippen MR) is 58.9 cm³/mol. The topological polar surface area (TPSA) is 53.7 Å². The minimum atomic E-state index is -0.166. The van der Waals surface area contributed by atoms with E-state index in [0.717, 1.165) is 37.4 Å². The maximum Gasteiger partial charge on any atom is 0.155 e. The van der Waals surface area contributed by atoms with Crippen LogP contribution in [0, 0.1) is 0 Å². The highest BCUT2D eigenvalue weighted by Gasteiger charge is 2.20. The molecule has 1 fully saturated rings. The summed E-state index contributed by atoms with van der Waals surface area (Å²) in [6, 6.07) is 0. The lowest BCUT2D eigenvalue weighted by Gasteiger charge is -2.13. The van der Waals surface area contributed by atoms with Gasteiger partial charge >= 0.3 is 0 Å². The first-order valence-corrected chi connectivity index (χ1v) is 5.49. The van der Waals surface area contributed by atoms with Gasteiger partial charge in [0.05, 0.1) is 24.2 Å². The molecule has 1 aliphatic heterocycles. The van der Waals surface area contributed by atoms with E-state index in [1.165, 1.54) is 0 Å². The van der Waals surface area contributed by atoms with Gasteiger partial charge in [0, 0.05) is 32.0 Å². The smallest absolute Gasteiger partial charge is 0.155 e. The van der Waals surface area contributed by atoms with E-state index in [2.05, 4.69) is 14.9 Å². The second-order valence-electron chi connectivity index (χ2n) is 4.23. The lowest BCUT2D eigenvalue weighted by molar-refractivity contribution is 0.174. The zero-order chi connectivity index (χ0) is 11.0. The number of nitrogens with zero attached hydrogens (tertiary/aromatic N) is 4. The molecule has 84 valence electrons. The number of hydrogen-bond acceptors (Lipinski definition) is 4. The third kappa shape index (κ3) is 1.68. The third-order valence-corrected chi connectivity index (χ3v) is 3.03. The highest BCUT2D eigenvalue weighted by atomic mass is 16.3. The molecular weight excluding hydrogens is 204 g/mol. The van der Waals surface area contributed by atoms with Crippen molar-refractivity contribution >= 4 is 5.65 Å². The maximum atomic E-state index is 9.47. The van der Waals surface area contributed by atoms with Crippen LogP contribution >= 0.6 is 0 Å². The normalized spacial score (nSPS) is 21.9. The van der Waals surface area contributed by atoms with E-state index in [9.17, 15) is 5.11 Å². The van der Waals surface area contributed by atoms with E-state index < -0.39 is 0 Å². The summed E-state index contributed by atoms with van der Waals surface area (Å²) in [4.78, 5) is 10.6. The Kier molecular flexibility index (Phi) is 2.34. The van der Waals surface area contributed by atoms with Gasteiger partial charge in [0.25, 0.3) is 0 Å². The van der Waals surface area contributed by atoms with Crippen molar-refractivity contribution in [2.75, 3.05) is 13.1 Å². The lowest BCUT2D eigenvalue weighted by atomic mass is 10.3. The minimum absolute atomic E-state index is 0.166. The Balaban J connectivity index is 1.84. The van der Waals surface area contributed by atoms with Crippen LogP contribution in [0.1, 0.15) is 12.1 Å². The van der Waals surface area contributed by atoms with Gasteiger partial charge in [-0.05, 0) is 6.42 Å². The number of imidazole rings is 1. The lowest BCUT2D eigenvalue weighted by Crippen LogP contribution is -2.22. The van der Waals surface area contributed by atoms with E-state index in [1.54, 1.807) is 12.4 Å². The Morgan fingerprint density at radius 1 is 1.44 bits per heavy atom. The molecule has 0 spiro atoms. The molecule has 2 aromatic rings. The fourth-order valence-corrected chi connectivity index (χ4v) is 2.20. The summed E-state index contributed by atoms with van der Waals surface area (Å²) in [5.41, 5.74) is 2.02. The van der Waals surface area contributed by atoms with Crippen molar-refractivity contribution in [2.45, 2.75) is 19.1 Å². The molecule has 0 aromatic carbocycles. The number of fused-ring (bicyclic) bond motifs is 1. The summed E-state index contributed by atoms with van der Waals surface area (Å²) in [6.07, 6.45) is 8.02. The summed E-state index contributed by atoms with van der Waals surface area (Å²) in [5, 5.41) is 9.47. The van der Waals surface area contributed by atoms with E-state index in [4.69, 9.17) is 0 Å². The first kappa shape index (κ1) is 9.74. The van der Waals surface area contributed by atoms with Gasteiger partial charge in [0.2, 0.25) is 0 Å². The van der Waals surface area contributed by atoms with Crippen LogP contribution in [-0.2, 0) is 6.54 Å². The quantitative estimate of drug-likeness (QED) is 0.787. The maximum absolute atomic E-state index is 9.47. The third-order valence-electron chi connectivity index (χ3n) is 3.03. The Bertz CT molecular complexity index is 495. The SMILES string of the molecule is O[C@H]1CCN(Cc2cnc3cnccn23)C1. The van der Waals surface area contributed by atoms with Crippen LogP contribution in [0.4, 0.5) is 0 Å². The monoisotopic (exact) mass is 218 g/mol. The molecule has 0 bridgehead atoms. The Hall–Kier alpha value is -1.46. The van der Waals surface area contributed by atoms with Crippen molar-refractivity contribution < 1.29 is 5.11 Å². The molecule has 0 unspecified atom stereocenters. The van der Waals surface area contributed by atoms with Crippen LogP contribution < -0.4 is 0 Å². The molecule has 1 N–H and O–H groups in total. The molecule has 1 saturated heterocycles. The molecule has 0 saturated carbocycles. The van der Waals surface area contributed by atoms with Gasteiger partial charge in [-0.15, -0.1) is 0 Å². The number of aliphatic hydroxyl groups excluding tert-OH is 1. The van der Waals surface area contributed by atoms with Gasteiger partial charge < -0.3 is 5.11 Å². The van der Waals surface area contributed by atoms with Crippen LogP contribution in [0.15, 0.2) is 24.8 Å². The molecule has 1 aliphatic rings. The second kappa shape index (κ2) is 3.84. The van der Waals surface area contributed by atoms with Crippen LogP contribution in [0.3, 0.4) is 0 Å². The van der Waals surface area contributed by atoms with Crippen molar-refractivity contribution in [3.63, 3.8) is 0 Å². The van der Waals surface area contributed by atoms with E-state index in [1.807, 2.05) is 16.8 Å². The first-order chi connectivity index (χ1) is 7.83. The first-order valence-electron chi connectivity index (χ1n) is 5.49. The summed E-state index contributed by atoms with van der Waals surface area (Å²) in [6.45, 7) is 2.56. The molecule has 1 atom stereocenters. The molecule has 3 heterocycles. The molecule has 16 heavy (non-hydrogen) atoms. The number of likely N-dealkylation sites (tertiary alicyclic amines) is 1. The fourth-order valence-electron chi connectivity index (χ4n) is 2.20. The zero-order valence-corrected chi connectivity index (χ0v) is 8.95. The van der Waals surface area contributed by atoms with Gasteiger partial charge in [0.15, 0.2) is 5.65 Å². The number of hydrogen-bond donors (Lipinski definition) is 1. The Labute approximate surface area is 93.4 Å². The van der Waals surface area contributed by atoms with Crippen LogP contribution in [0.5, 0.6) is 0 Å². The van der Waals surface area contributed by atoms with Crippen molar-refractivity contribution in [1.82, 2.24) is 19.3 Å². The number of aliphatic hydroxyl groups is 1. The van der Waals surface area contributed by atoms with Gasteiger partial charge in [-0.1, -0.05) is 0 Å². The van der Waals surface area contributed by atoms with Gasteiger partial charge in [-0.25, -0.2) is 4.98 Å². The Morgan fingerprint density at radius 3 is 3.19 bits per heavy atom. The standard InChI is InChI=1S/C11H14N4O/c16-10-1-3-14(8-10)7-9-5-13-11-6-12-2-4-15(9)11/h2,4-6,10,16H,1,3,7-8H2/t10-/m0/s1. The second-order valence-corrected chi connectivity index (χ2v) is 4.23. The van der Waals surface area contributed by atoms with Crippen molar-refractivity contribution in [3.8, 4) is 0 Å². The van der Waals surface area contributed by atoms with Gasteiger partial charge in [-0.3, -0.25) is 14.3 Å². The summed E-state index contributed by atoms with van der Waals surface area (Å²) < 4.78 is 2.04. The fraction of sp³-hybridized carbons (Fsp3) is 0.455. The number of rotatable bonds is 2. The van der Waals surface area contributed by atoms with Gasteiger partial charge in [-0.2, -0.15) is 0 Å². The minimum Gasteiger partial charge on any atom is -0.392 e. The molecule has 5 heteroatoms.